The molecule has 6 heteroatoms. The lowest BCUT2D eigenvalue weighted by atomic mass is 9.64. The summed E-state index contributed by atoms with van der Waals surface area (Å²) in [4.78, 5) is 30.3. The van der Waals surface area contributed by atoms with Crippen molar-refractivity contribution in [3.63, 3.8) is 0 Å². The van der Waals surface area contributed by atoms with E-state index in [1.54, 1.807) is 16.7 Å². The maximum atomic E-state index is 13.0. The molecule has 6 nitrogen and oxygen atoms in total. The maximum Gasteiger partial charge on any atom is 0.250 e. The molecule has 0 spiro atoms. The van der Waals surface area contributed by atoms with Crippen LogP contribution in [-0.2, 0) is 16.8 Å². The van der Waals surface area contributed by atoms with Gasteiger partial charge in [-0.15, -0.1) is 0 Å². The smallest absolute Gasteiger partial charge is 0.250 e. The van der Waals surface area contributed by atoms with Crippen molar-refractivity contribution in [3.8, 4) is 0 Å². The number of aryl methyl sites for hydroxylation is 1. The van der Waals surface area contributed by atoms with Gasteiger partial charge in [-0.1, -0.05) is 36.4 Å². The van der Waals surface area contributed by atoms with Gasteiger partial charge < -0.3 is 19.7 Å². The highest BCUT2D eigenvalue weighted by Gasteiger charge is 2.55. The van der Waals surface area contributed by atoms with E-state index in [2.05, 4.69) is 45.4 Å². The lowest BCUT2D eigenvalue weighted by molar-refractivity contribution is -0.124. The number of rotatable bonds is 5. The van der Waals surface area contributed by atoms with Crippen LogP contribution in [0.2, 0.25) is 0 Å². The molecule has 1 aromatic heterocycles. The Kier molecular flexibility index (Phi) is 4.99. The standard InChI is InChI=1S/C24H30N4O2/c1-18-6-5-9-22(30)28(18)11-10-21(29)25-23-19-14-26-12-13-27(15-19)17-24(23,16-26)20-7-3-2-4-8-20/h2-9,19,23H,10-17H2,1H3,(H,25,29). The van der Waals surface area contributed by atoms with Crippen molar-refractivity contribution in [2.24, 2.45) is 5.92 Å². The Morgan fingerprint density at radius 3 is 2.40 bits per heavy atom. The normalized spacial score (nSPS) is 32.0. The first-order valence-corrected chi connectivity index (χ1v) is 11.0. The van der Waals surface area contributed by atoms with Gasteiger partial charge in [0.1, 0.15) is 0 Å². The Bertz CT molecular complexity index is 970. The Morgan fingerprint density at radius 2 is 1.73 bits per heavy atom. The van der Waals surface area contributed by atoms with E-state index in [9.17, 15) is 9.59 Å². The van der Waals surface area contributed by atoms with E-state index >= 15 is 0 Å². The zero-order valence-corrected chi connectivity index (χ0v) is 17.6. The monoisotopic (exact) mass is 406 g/mol. The van der Waals surface area contributed by atoms with Crippen molar-refractivity contribution in [1.82, 2.24) is 19.7 Å². The number of amides is 1. The van der Waals surface area contributed by atoms with Crippen LogP contribution in [0.4, 0.5) is 0 Å². The van der Waals surface area contributed by atoms with Crippen LogP contribution in [-0.4, -0.2) is 65.6 Å². The largest absolute Gasteiger partial charge is 0.352 e. The number of nitrogens with one attached hydrogen (secondary N) is 1. The number of carbonyl (C=O) groups excluding carboxylic acids is 1. The number of pyridine rings is 1. The molecule has 4 aliphatic heterocycles. The molecule has 4 saturated heterocycles. The third-order valence-electron chi connectivity index (χ3n) is 7.29. The fraction of sp³-hybridized carbons (Fsp3) is 0.500. The molecule has 30 heavy (non-hydrogen) atoms. The number of aromatic nitrogens is 1. The van der Waals surface area contributed by atoms with E-state index in [1.807, 2.05) is 13.0 Å². The van der Waals surface area contributed by atoms with Crippen LogP contribution in [0.15, 0.2) is 53.3 Å². The number of piperidine rings is 2. The Balaban J connectivity index is 1.38. The lowest BCUT2D eigenvalue weighted by Gasteiger charge is -2.55. The molecule has 4 bridgehead atoms. The fourth-order valence-corrected chi connectivity index (χ4v) is 5.94. The summed E-state index contributed by atoms with van der Waals surface area (Å²) in [6.07, 6.45) is 0.326. The molecular formula is C24H30N4O2. The summed E-state index contributed by atoms with van der Waals surface area (Å²) < 4.78 is 1.69. The highest BCUT2D eigenvalue weighted by Crippen LogP contribution is 2.43. The Labute approximate surface area is 177 Å². The summed E-state index contributed by atoms with van der Waals surface area (Å²) in [7, 11) is 0. The molecule has 2 aromatic rings. The van der Waals surface area contributed by atoms with Crippen LogP contribution in [0, 0.1) is 12.8 Å². The first-order chi connectivity index (χ1) is 14.5. The van der Waals surface area contributed by atoms with E-state index in [1.165, 1.54) is 5.56 Å². The molecule has 6 rings (SSSR count). The third-order valence-corrected chi connectivity index (χ3v) is 7.29. The Hall–Kier alpha value is -2.44. The summed E-state index contributed by atoms with van der Waals surface area (Å²) >= 11 is 0. The molecule has 158 valence electrons. The molecule has 0 saturated carbocycles. The van der Waals surface area contributed by atoms with Gasteiger partial charge in [-0.25, -0.2) is 0 Å². The van der Waals surface area contributed by atoms with Gasteiger partial charge in [-0.3, -0.25) is 9.59 Å². The average Bonchev–Trinajstić information content (AvgIpc) is 2.99. The number of carbonyl (C=O) groups is 1. The molecule has 1 amide bonds. The second-order valence-electron chi connectivity index (χ2n) is 9.20. The number of hydrogen-bond acceptors (Lipinski definition) is 4. The molecule has 3 unspecified atom stereocenters. The predicted molar refractivity (Wildman–Crippen MR) is 116 cm³/mol. The van der Waals surface area contributed by atoms with Crippen LogP contribution >= 0.6 is 0 Å². The Morgan fingerprint density at radius 1 is 1.03 bits per heavy atom. The number of nitrogens with zero attached hydrogens (tertiary/aromatic N) is 3. The fourth-order valence-electron chi connectivity index (χ4n) is 5.94. The van der Waals surface area contributed by atoms with Gasteiger partial charge in [-0.2, -0.15) is 0 Å². The molecular weight excluding hydrogens is 376 g/mol. The van der Waals surface area contributed by atoms with Gasteiger partial charge >= 0.3 is 0 Å². The van der Waals surface area contributed by atoms with Crippen molar-refractivity contribution in [3.05, 3.63) is 70.1 Å². The predicted octanol–water partition coefficient (Wildman–Crippen LogP) is 1.23. The average molecular weight is 407 g/mol. The molecule has 4 fully saturated rings. The topological polar surface area (TPSA) is 57.6 Å². The molecule has 0 aliphatic carbocycles. The lowest BCUT2D eigenvalue weighted by Crippen LogP contribution is -2.70. The van der Waals surface area contributed by atoms with Gasteiger partial charge in [0.15, 0.2) is 0 Å². The van der Waals surface area contributed by atoms with Gasteiger partial charge in [0, 0.05) is 81.4 Å². The van der Waals surface area contributed by atoms with Gasteiger partial charge in [0.05, 0.1) is 0 Å². The molecule has 5 heterocycles. The van der Waals surface area contributed by atoms with E-state index < -0.39 is 0 Å². The third kappa shape index (κ3) is 3.38. The minimum Gasteiger partial charge on any atom is -0.352 e. The summed E-state index contributed by atoms with van der Waals surface area (Å²) in [5.41, 5.74) is 2.10. The summed E-state index contributed by atoms with van der Waals surface area (Å²) in [5.74, 6) is 0.474. The van der Waals surface area contributed by atoms with Gasteiger partial charge in [0.25, 0.3) is 5.56 Å². The number of fused-ring (bicyclic) bond motifs is 1. The van der Waals surface area contributed by atoms with E-state index in [0.29, 0.717) is 18.9 Å². The van der Waals surface area contributed by atoms with Crippen molar-refractivity contribution in [2.45, 2.75) is 31.3 Å². The summed E-state index contributed by atoms with van der Waals surface area (Å²) in [6, 6.07) is 16.1. The van der Waals surface area contributed by atoms with Crippen molar-refractivity contribution >= 4 is 5.91 Å². The summed E-state index contributed by atoms with van der Waals surface area (Å²) in [5, 5.41) is 3.43. The summed E-state index contributed by atoms with van der Waals surface area (Å²) in [6.45, 7) is 8.64. The minimum atomic E-state index is -0.0753. The van der Waals surface area contributed by atoms with Crippen LogP contribution in [0.1, 0.15) is 17.7 Å². The van der Waals surface area contributed by atoms with Crippen molar-refractivity contribution < 1.29 is 4.79 Å². The first kappa shape index (κ1) is 19.5. The maximum absolute atomic E-state index is 13.0. The van der Waals surface area contributed by atoms with Gasteiger partial charge in [-0.05, 0) is 18.6 Å². The van der Waals surface area contributed by atoms with Crippen LogP contribution in [0.25, 0.3) is 0 Å². The minimum absolute atomic E-state index is 0.0432. The molecule has 1 N–H and O–H groups in total. The SMILES string of the molecule is Cc1cccc(=O)n1CCC(=O)NC1C2CN3CCN(C2)CC1(c1ccccc1)C3. The first-order valence-electron chi connectivity index (χ1n) is 11.0. The van der Waals surface area contributed by atoms with E-state index in [0.717, 1.165) is 45.0 Å². The molecule has 3 atom stereocenters. The molecule has 0 radical (unpaired) electrons. The van der Waals surface area contributed by atoms with Crippen LogP contribution < -0.4 is 10.9 Å². The second kappa shape index (κ2) is 7.67. The van der Waals surface area contributed by atoms with Crippen molar-refractivity contribution in [1.29, 1.82) is 0 Å². The molecule has 4 aliphatic rings. The second-order valence-corrected chi connectivity index (χ2v) is 9.20. The van der Waals surface area contributed by atoms with Crippen LogP contribution in [0.5, 0.6) is 0 Å². The zero-order chi connectivity index (χ0) is 20.7. The molecule has 1 aromatic carbocycles. The number of benzene rings is 1. The van der Waals surface area contributed by atoms with E-state index in [4.69, 9.17) is 0 Å². The van der Waals surface area contributed by atoms with Crippen LogP contribution in [0.3, 0.4) is 0 Å². The number of hydrogen-bond donors (Lipinski definition) is 1. The van der Waals surface area contributed by atoms with Gasteiger partial charge in [0.2, 0.25) is 5.91 Å². The van der Waals surface area contributed by atoms with E-state index in [-0.39, 0.29) is 22.9 Å². The van der Waals surface area contributed by atoms with Crippen molar-refractivity contribution in [2.75, 3.05) is 39.3 Å². The zero-order valence-electron chi connectivity index (χ0n) is 17.6. The quantitative estimate of drug-likeness (QED) is 0.812. The highest BCUT2D eigenvalue weighted by atomic mass is 16.2. The highest BCUT2D eigenvalue weighted by molar-refractivity contribution is 5.76.